The highest BCUT2D eigenvalue weighted by molar-refractivity contribution is 9.08. The van der Waals surface area contributed by atoms with E-state index in [4.69, 9.17) is 15.2 Å². The van der Waals surface area contributed by atoms with Gasteiger partial charge in [0.1, 0.15) is 12.1 Å². The number of carbonyl (C=O) groups is 3. The van der Waals surface area contributed by atoms with Crippen LogP contribution in [0.15, 0.2) is 200 Å². The number of benzene rings is 7. The van der Waals surface area contributed by atoms with E-state index >= 15 is 0 Å². The van der Waals surface area contributed by atoms with Crippen LogP contribution in [0.5, 0.6) is 0 Å². The molecule has 7 aromatic carbocycles. The average molecular weight is 1110 g/mol. The Bertz CT molecular complexity index is 2750. The van der Waals surface area contributed by atoms with Gasteiger partial charge in [-0.05, 0) is 63.6 Å². The van der Waals surface area contributed by atoms with E-state index in [1.807, 2.05) is 103 Å². The minimum Gasteiger partial charge on any atom is -0.468 e. The molecule has 1 saturated heterocycles. The summed E-state index contributed by atoms with van der Waals surface area (Å²) in [6, 6.07) is 58.2. The summed E-state index contributed by atoms with van der Waals surface area (Å²) in [7, 11) is 2.77. The van der Waals surface area contributed by atoms with Gasteiger partial charge < -0.3 is 30.6 Å². The van der Waals surface area contributed by atoms with Crippen molar-refractivity contribution in [3.63, 3.8) is 0 Å². The van der Waals surface area contributed by atoms with Gasteiger partial charge in [0.05, 0.1) is 44.1 Å². The number of halogens is 7. The van der Waals surface area contributed by atoms with Crippen molar-refractivity contribution < 1.29 is 54.9 Å². The Morgan fingerprint density at radius 2 is 1.03 bits per heavy atom. The van der Waals surface area contributed by atoms with E-state index in [0.717, 1.165) is 33.1 Å². The van der Waals surface area contributed by atoms with Crippen molar-refractivity contribution in [1.29, 1.82) is 0 Å². The molecule has 3 unspecified atom stereocenters. The maximum atomic E-state index is 13.0. The second-order valence-electron chi connectivity index (χ2n) is 17.2. The van der Waals surface area contributed by atoms with Gasteiger partial charge >= 0.3 is 30.3 Å². The van der Waals surface area contributed by atoms with Gasteiger partial charge in [-0.25, -0.2) is 9.59 Å². The number of amides is 2. The third kappa shape index (κ3) is 18.8. The summed E-state index contributed by atoms with van der Waals surface area (Å²) in [6.07, 6.45) is -9.42. The van der Waals surface area contributed by atoms with E-state index in [1.165, 1.54) is 19.8 Å². The van der Waals surface area contributed by atoms with Crippen LogP contribution in [0.2, 0.25) is 0 Å². The molecular weight excluding hydrogens is 1050 g/mol. The number of nitrogens with two attached hydrogens (primary N) is 1. The number of nitrogens with zero attached hydrogens (tertiary/aromatic N) is 1. The number of hydrogen-bond donors (Lipinski definition) is 3. The molecule has 3 atom stereocenters. The molecule has 2 amide bonds. The van der Waals surface area contributed by atoms with Crippen molar-refractivity contribution in [2.24, 2.45) is 5.73 Å². The van der Waals surface area contributed by atoms with E-state index in [0.29, 0.717) is 38.2 Å². The third-order valence-corrected chi connectivity index (χ3v) is 12.4. The van der Waals surface area contributed by atoms with Crippen LogP contribution in [0, 0.1) is 0 Å². The molecule has 1 heterocycles. The van der Waals surface area contributed by atoms with Crippen LogP contribution in [0.4, 0.5) is 31.1 Å². The van der Waals surface area contributed by atoms with Crippen LogP contribution >= 0.6 is 15.9 Å². The number of ether oxygens (including phenoxy) is 3. The molecule has 76 heavy (non-hydrogen) atoms. The van der Waals surface area contributed by atoms with Crippen molar-refractivity contribution in [2.45, 2.75) is 61.4 Å². The van der Waals surface area contributed by atoms with Crippen molar-refractivity contribution in [1.82, 2.24) is 15.5 Å². The highest BCUT2D eigenvalue weighted by atomic mass is 79.9. The lowest BCUT2D eigenvalue weighted by molar-refractivity contribution is -0.148. The monoisotopic (exact) mass is 1110 g/mol. The topological polar surface area (TPSA) is 132 Å². The fourth-order valence-corrected chi connectivity index (χ4v) is 8.31. The van der Waals surface area contributed by atoms with Gasteiger partial charge in [0.15, 0.2) is 0 Å². The zero-order valence-electron chi connectivity index (χ0n) is 41.8. The number of methoxy groups -OCH3 is 2. The molecule has 400 valence electrons. The number of hydrogen-bond acceptors (Lipinski definition) is 8. The largest absolute Gasteiger partial charge is 0.468 e. The van der Waals surface area contributed by atoms with Crippen LogP contribution in [0.1, 0.15) is 68.6 Å². The molecule has 1 fully saturated rings. The molecule has 0 aromatic heterocycles. The van der Waals surface area contributed by atoms with Crippen LogP contribution in [-0.2, 0) is 66.7 Å². The van der Waals surface area contributed by atoms with Gasteiger partial charge in [0, 0.05) is 25.0 Å². The lowest BCUT2D eigenvalue weighted by atomic mass is 9.86. The van der Waals surface area contributed by atoms with Crippen LogP contribution in [-0.4, -0.2) is 50.2 Å². The summed E-state index contributed by atoms with van der Waals surface area (Å²) in [4.78, 5) is 37.7. The number of carbonyl (C=O) groups excluding carboxylic acids is 3. The second kappa shape index (κ2) is 29.7. The van der Waals surface area contributed by atoms with E-state index in [9.17, 15) is 40.7 Å². The molecular formula is C59H59BrF6N4O6. The van der Waals surface area contributed by atoms with Gasteiger partial charge in [-0.2, -0.15) is 26.3 Å². The van der Waals surface area contributed by atoms with Crippen molar-refractivity contribution >= 4 is 33.9 Å². The Labute approximate surface area is 447 Å². The summed E-state index contributed by atoms with van der Waals surface area (Å²) in [5.74, 6) is -0.663. The molecule has 0 bridgehead atoms. The molecule has 0 radical (unpaired) electrons. The minimum atomic E-state index is -4.93. The summed E-state index contributed by atoms with van der Waals surface area (Å²) in [6.45, 7) is 1.05. The fourth-order valence-electron chi connectivity index (χ4n) is 7.93. The molecule has 17 heteroatoms. The van der Waals surface area contributed by atoms with Gasteiger partial charge in [-0.15, -0.1) is 0 Å². The van der Waals surface area contributed by atoms with Gasteiger partial charge in [-0.3, -0.25) is 9.69 Å². The number of nitrogens with one attached hydrogen (secondary N) is 2. The van der Waals surface area contributed by atoms with E-state index in [-0.39, 0.29) is 24.2 Å². The number of rotatable bonds is 15. The van der Waals surface area contributed by atoms with E-state index < -0.39 is 59.7 Å². The standard InChI is InChI=1S/C23H23NO2.C20H18F6N2O2.C9H11NO2.C7H7Br/c1-26-23(25)22(21-15-9-4-10-16-21)24(17-19-11-5-2-6-12-19)18-20-13-7-3-8-14-20;21-19(22,23)15-8-13(9-16(10-15)20(24,25)26)11-30-12-18(6-7-27-17(29)28-18)14-4-2-1-3-5-14;1-12-9(11)8(10)7-5-3-2-4-6-7;8-6-7-4-2-1-3-5-7/h2-16,22H,17-18H2,1H3;1-5,8-10H,6-7,11-12H2,(H2,27,28,29);2-6,8H,10H2,1H3;1-5H,6H2. The van der Waals surface area contributed by atoms with Gasteiger partial charge in [-0.1, -0.05) is 198 Å². The zero-order chi connectivity index (χ0) is 55.0. The highest BCUT2D eigenvalue weighted by Gasteiger charge is 2.39. The molecule has 4 N–H and O–H groups in total. The first-order valence-corrected chi connectivity index (χ1v) is 25.0. The lowest BCUT2D eigenvalue weighted by Gasteiger charge is -2.38. The SMILES string of the molecule is BrCc1ccccc1.COC(=O)C(N)c1ccccc1.COC(=O)C(c1ccccc1)N(Cc1ccccc1)Cc1ccccc1.O=C1NCCC(COCc2cc(C(F)(F)F)cc(C(F)(F)F)c2)(c2ccccc2)N1. The summed E-state index contributed by atoms with van der Waals surface area (Å²) in [5.41, 5.74) is 7.64. The molecule has 1 aliphatic heterocycles. The van der Waals surface area contributed by atoms with Crippen LogP contribution < -0.4 is 16.4 Å². The van der Waals surface area contributed by atoms with Gasteiger partial charge in [0.2, 0.25) is 0 Å². The lowest BCUT2D eigenvalue weighted by Crippen LogP contribution is -2.58. The van der Waals surface area contributed by atoms with E-state index in [2.05, 4.69) is 72.6 Å². The van der Waals surface area contributed by atoms with Gasteiger partial charge in [0.25, 0.3) is 0 Å². The van der Waals surface area contributed by atoms with Crippen molar-refractivity contribution in [3.8, 4) is 0 Å². The fraction of sp³-hybridized carbons (Fsp3) is 0.237. The predicted molar refractivity (Wildman–Crippen MR) is 283 cm³/mol. The Morgan fingerprint density at radius 1 is 0.605 bits per heavy atom. The molecule has 0 saturated carbocycles. The maximum absolute atomic E-state index is 13.0. The first kappa shape index (κ1) is 59.6. The van der Waals surface area contributed by atoms with Crippen LogP contribution in [0.3, 0.4) is 0 Å². The minimum absolute atomic E-state index is 0.0714. The molecule has 7 aromatic rings. The predicted octanol–water partition coefficient (Wildman–Crippen LogP) is 12.9. The Balaban J connectivity index is 0.000000208. The average Bonchev–Trinajstić information content (AvgIpc) is 3.44. The molecule has 10 nitrogen and oxygen atoms in total. The number of alkyl halides is 7. The Morgan fingerprint density at radius 3 is 1.43 bits per heavy atom. The summed E-state index contributed by atoms with van der Waals surface area (Å²) in [5, 5.41) is 6.33. The number of esters is 2. The summed E-state index contributed by atoms with van der Waals surface area (Å²) >= 11 is 3.36. The molecule has 1 aliphatic rings. The molecule has 8 rings (SSSR count). The first-order chi connectivity index (χ1) is 36.5. The molecule has 0 aliphatic carbocycles. The quantitative estimate of drug-likeness (QED) is 0.0525. The zero-order valence-corrected chi connectivity index (χ0v) is 43.4. The second-order valence-corrected chi connectivity index (χ2v) is 17.8. The van der Waals surface area contributed by atoms with E-state index in [1.54, 1.807) is 42.5 Å². The Kier molecular flexibility index (Phi) is 23.3. The smallest absolute Gasteiger partial charge is 0.416 e. The first-order valence-electron chi connectivity index (χ1n) is 23.9. The molecule has 0 spiro atoms. The van der Waals surface area contributed by atoms with Crippen LogP contribution in [0.25, 0.3) is 0 Å². The Hall–Kier alpha value is -7.31. The maximum Gasteiger partial charge on any atom is 0.416 e. The van der Waals surface area contributed by atoms with Crippen molar-refractivity contribution in [3.05, 3.63) is 250 Å². The van der Waals surface area contributed by atoms with Crippen molar-refractivity contribution in [2.75, 3.05) is 27.4 Å². The number of urea groups is 1. The normalized spacial score (nSPS) is 14.8. The third-order valence-electron chi connectivity index (χ3n) is 11.8. The summed E-state index contributed by atoms with van der Waals surface area (Å²) < 4.78 is 93.2. The highest BCUT2D eigenvalue weighted by Crippen LogP contribution is 2.37.